The molecule has 2 aromatic rings. The molecule has 144 valence electrons. The molecule has 0 bridgehead atoms. The van der Waals surface area contributed by atoms with Crippen LogP contribution in [0.25, 0.3) is 0 Å². The Morgan fingerprint density at radius 1 is 1.07 bits per heavy atom. The minimum atomic E-state index is -3.53. The fraction of sp³-hybridized carbons (Fsp3) is 0.550. The number of aromatic nitrogens is 2. The maximum absolute atomic E-state index is 13.2. The van der Waals surface area contributed by atoms with Crippen LogP contribution in [0, 0.1) is 12.8 Å². The molecule has 0 amide bonds. The summed E-state index contributed by atoms with van der Waals surface area (Å²) in [6.07, 6.45) is 8.18. The second kappa shape index (κ2) is 6.43. The zero-order valence-corrected chi connectivity index (χ0v) is 16.3. The molecule has 0 N–H and O–H groups in total. The molecule has 2 saturated carbocycles. The summed E-state index contributed by atoms with van der Waals surface area (Å²) in [4.78, 5) is 0.358. The van der Waals surface area contributed by atoms with Crippen molar-refractivity contribution in [1.29, 1.82) is 0 Å². The fourth-order valence-corrected chi connectivity index (χ4v) is 5.24. The van der Waals surface area contributed by atoms with E-state index < -0.39 is 10.0 Å². The number of morpholine rings is 1. The highest BCUT2D eigenvalue weighted by molar-refractivity contribution is 7.89. The maximum Gasteiger partial charge on any atom is 0.243 e. The molecule has 3 aliphatic rings. The summed E-state index contributed by atoms with van der Waals surface area (Å²) < 4.78 is 36.4. The topological polar surface area (TPSA) is 64.4 Å². The summed E-state index contributed by atoms with van der Waals surface area (Å²) >= 11 is 0. The molecule has 2 heterocycles. The molecule has 2 aliphatic carbocycles. The first-order chi connectivity index (χ1) is 13.0. The molecule has 2 atom stereocenters. The van der Waals surface area contributed by atoms with Gasteiger partial charge in [0.15, 0.2) is 0 Å². The monoisotopic (exact) mass is 387 g/mol. The average Bonchev–Trinajstić information content (AvgIpc) is 3.60. The van der Waals surface area contributed by atoms with Gasteiger partial charge in [0.25, 0.3) is 0 Å². The van der Waals surface area contributed by atoms with Gasteiger partial charge >= 0.3 is 0 Å². The normalized spacial score (nSPS) is 27.0. The number of benzene rings is 1. The number of aryl methyl sites for hydroxylation is 1. The SMILES string of the molecule is Cc1ccc(S(=O)(=O)N2CC(c3cnn(C4CC4)c3)OC(C3CC3)C2)cc1. The van der Waals surface area contributed by atoms with Crippen LogP contribution in [-0.2, 0) is 14.8 Å². The summed E-state index contributed by atoms with van der Waals surface area (Å²) in [6.45, 7) is 2.74. The van der Waals surface area contributed by atoms with Crippen molar-refractivity contribution >= 4 is 10.0 Å². The summed E-state index contributed by atoms with van der Waals surface area (Å²) in [7, 11) is -3.53. The summed E-state index contributed by atoms with van der Waals surface area (Å²) in [5, 5.41) is 4.46. The van der Waals surface area contributed by atoms with Crippen LogP contribution < -0.4 is 0 Å². The lowest BCUT2D eigenvalue weighted by atomic mass is 10.1. The maximum atomic E-state index is 13.2. The standard InChI is InChI=1S/C20H25N3O3S/c1-14-2-8-18(9-3-14)27(24,25)22-12-19(15-4-5-15)26-20(13-22)16-10-21-23(11-16)17-6-7-17/h2-3,8-11,15,17,19-20H,4-7,12-13H2,1H3. The van der Waals surface area contributed by atoms with Gasteiger partial charge in [-0.05, 0) is 50.7 Å². The predicted molar refractivity (Wildman–Crippen MR) is 101 cm³/mol. The van der Waals surface area contributed by atoms with E-state index in [-0.39, 0.29) is 12.2 Å². The Morgan fingerprint density at radius 3 is 2.48 bits per heavy atom. The van der Waals surface area contributed by atoms with Crippen LogP contribution in [0.15, 0.2) is 41.6 Å². The Morgan fingerprint density at radius 2 is 1.81 bits per heavy atom. The number of ether oxygens (including phenoxy) is 1. The largest absolute Gasteiger partial charge is 0.367 e. The number of sulfonamides is 1. The number of rotatable bonds is 5. The minimum Gasteiger partial charge on any atom is -0.367 e. The van der Waals surface area contributed by atoms with Gasteiger partial charge in [-0.1, -0.05) is 17.7 Å². The number of hydrogen-bond acceptors (Lipinski definition) is 4. The average molecular weight is 388 g/mol. The molecule has 7 heteroatoms. The van der Waals surface area contributed by atoms with E-state index in [2.05, 4.69) is 5.10 Å². The van der Waals surface area contributed by atoms with Crippen LogP contribution >= 0.6 is 0 Å². The Bertz CT molecular complexity index is 930. The first-order valence-electron chi connectivity index (χ1n) is 9.77. The molecule has 3 fully saturated rings. The van der Waals surface area contributed by atoms with Crippen molar-refractivity contribution in [1.82, 2.24) is 14.1 Å². The van der Waals surface area contributed by atoms with Gasteiger partial charge in [-0.25, -0.2) is 8.42 Å². The number of nitrogens with zero attached hydrogens (tertiary/aromatic N) is 3. The van der Waals surface area contributed by atoms with Crippen molar-refractivity contribution in [3.63, 3.8) is 0 Å². The summed E-state index contributed by atoms with van der Waals surface area (Å²) in [5.74, 6) is 0.474. The zero-order valence-electron chi connectivity index (χ0n) is 15.5. The highest BCUT2D eigenvalue weighted by Crippen LogP contribution is 2.41. The van der Waals surface area contributed by atoms with Crippen molar-refractivity contribution in [2.24, 2.45) is 5.92 Å². The molecule has 1 aromatic carbocycles. The van der Waals surface area contributed by atoms with E-state index in [0.29, 0.717) is 29.9 Å². The summed E-state index contributed by atoms with van der Waals surface area (Å²) in [5.41, 5.74) is 2.04. The molecule has 1 saturated heterocycles. The molecular weight excluding hydrogens is 362 g/mol. The third-order valence-electron chi connectivity index (χ3n) is 5.81. The second-order valence-corrected chi connectivity index (χ2v) is 10.1. The van der Waals surface area contributed by atoms with Crippen LogP contribution in [0.3, 0.4) is 0 Å². The molecular formula is C20H25N3O3S. The van der Waals surface area contributed by atoms with E-state index in [4.69, 9.17) is 4.74 Å². The number of hydrogen-bond donors (Lipinski definition) is 0. The second-order valence-electron chi connectivity index (χ2n) is 8.12. The van der Waals surface area contributed by atoms with Crippen LogP contribution in [0.4, 0.5) is 0 Å². The van der Waals surface area contributed by atoms with Gasteiger partial charge in [0.1, 0.15) is 0 Å². The van der Waals surface area contributed by atoms with Gasteiger partial charge in [0.05, 0.1) is 29.3 Å². The Balaban J connectivity index is 1.43. The van der Waals surface area contributed by atoms with Gasteiger partial charge in [-0.3, -0.25) is 4.68 Å². The lowest BCUT2D eigenvalue weighted by molar-refractivity contribution is -0.0747. The van der Waals surface area contributed by atoms with Crippen LogP contribution in [-0.4, -0.2) is 41.7 Å². The van der Waals surface area contributed by atoms with Crippen molar-refractivity contribution in [3.8, 4) is 0 Å². The smallest absolute Gasteiger partial charge is 0.243 e. The molecule has 27 heavy (non-hydrogen) atoms. The molecule has 0 radical (unpaired) electrons. The Hall–Kier alpha value is -1.70. The third-order valence-corrected chi connectivity index (χ3v) is 7.66. The van der Waals surface area contributed by atoms with E-state index >= 15 is 0 Å². The Kier molecular flexibility index (Phi) is 4.14. The van der Waals surface area contributed by atoms with Gasteiger partial charge in [0, 0.05) is 24.8 Å². The van der Waals surface area contributed by atoms with Gasteiger partial charge < -0.3 is 4.74 Å². The van der Waals surface area contributed by atoms with Gasteiger partial charge in [-0.2, -0.15) is 9.40 Å². The van der Waals surface area contributed by atoms with E-state index in [9.17, 15) is 8.42 Å². The summed E-state index contributed by atoms with van der Waals surface area (Å²) in [6, 6.07) is 7.61. The molecule has 2 unspecified atom stereocenters. The van der Waals surface area contributed by atoms with Crippen molar-refractivity contribution in [3.05, 3.63) is 47.8 Å². The van der Waals surface area contributed by atoms with Crippen LogP contribution in [0.1, 0.15) is 49.0 Å². The van der Waals surface area contributed by atoms with Gasteiger partial charge in [-0.15, -0.1) is 0 Å². The van der Waals surface area contributed by atoms with Crippen molar-refractivity contribution in [2.75, 3.05) is 13.1 Å². The van der Waals surface area contributed by atoms with Gasteiger partial charge in [0.2, 0.25) is 10.0 Å². The quantitative estimate of drug-likeness (QED) is 0.791. The highest BCUT2D eigenvalue weighted by atomic mass is 32.2. The van der Waals surface area contributed by atoms with Crippen LogP contribution in [0.2, 0.25) is 0 Å². The first kappa shape index (κ1) is 17.4. The molecule has 1 aromatic heterocycles. The molecule has 0 spiro atoms. The highest BCUT2D eigenvalue weighted by Gasteiger charge is 2.43. The van der Waals surface area contributed by atoms with E-state index in [1.165, 1.54) is 12.8 Å². The fourth-order valence-electron chi connectivity index (χ4n) is 3.78. The minimum absolute atomic E-state index is 0.0340. The van der Waals surface area contributed by atoms with Crippen LogP contribution in [0.5, 0.6) is 0 Å². The third kappa shape index (κ3) is 3.44. The van der Waals surface area contributed by atoms with Crippen molar-refractivity contribution < 1.29 is 13.2 Å². The van der Waals surface area contributed by atoms with E-state index in [1.54, 1.807) is 16.4 Å². The van der Waals surface area contributed by atoms with E-state index in [0.717, 1.165) is 24.0 Å². The predicted octanol–water partition coefficient (Wildman–Crippen LogP) is 3.07. The van der Waals surface area contributed by atoms with Crippen molar-refractivity contribution in [2.45, 2.75) is 55.8 Å². The zero-order chi connectivity index (χ0) is 18.6. The molecule has 6 nitrogen and oxygen atoms in total. The lowest BCUT2D eigenvalue weighted by Gasteiger charge is -2.37. The first-order valence-corrected chi connectivity index (χ1v) is 11.2. The molecule has 5 rings (SSSR count). The lowest BCUT2D eigenvalue weighted by Crippen LogP contribution is -2.47. The molecule has 1 aliphatic heterocycles. The Labute approximate surface area is 160 Å². The van der Waals surface area contributed by atoms with E-state index in [1.807, 2.05) is 36.1 Å².